The molecular formula is C23H21FN4O6S. The van der Waals surface area contributed by atoms with Crippen LogP contribution in [0.25, 0.3) is 10.9 Å². The van der Waals surface area contributed by atoms with E-state index in [-0.39, 0.29) is 33.1 Å². The van der Waals surface area contributed by atoms with Crippen molar-refractivity contribution in [1.82, 2.24) is 4.57 Å². The SMILES string of the molecule is COC(=O)Nc1ccc2c(c1)S(=O)(=O)N=C(c1c(O)c3cc(F)ccc3n(CCC3CC3)c1=O)N2. The van der Waals surface area contributed by atoms with E-state index >= 15 is 0 Å². The zero-order chi connectivity index (χ0) is 24.9. The topological polar surface area (TPSA) is 139 Å². The quantitative estimate of drug-likeness (QED) is 0.488. The highest BCUT2D eigenvalue weighted by molar-refractivity contribution is 7.90. The number of hydrogen-bond acceptors (Lipinski definition) is 7. The number of carbonyl (C=O) groups excluding carboxylic acids is 1. The van der Waals surface area contributed by atoms with Crippen molar-refractivity contribution in [1.29, 1.82) is 0 Å². The first kappa shape index (κ1) is 22.8. The molecule has 1 amide bonds. The van der Waals surface area contributed by atoms with Crippen LogP contribution in [-0.2, 0) is 21.3 Å². The highest BCUT2D eigenvalue weighted by Gasteiger charge is 2.31. The minimum atomic E-state index is -4.33. The average Bonchev–Trinajstić information content (AvgIpc) is 3.64. The molecule has 35 heavy (non-hydrogen) atoms. The van der Waals surface area contributed by atoms with Gasteiger partial charge in [0.05, 0.1) is 18.3 Å². The molecule has 3 aromatic rings. The molecule has 2 aromatic carbocycles. The van der Waals surface area contributed by atoms with Gasteiger partial charge in [-0.3, -0.25) is 10.1 Å². The summed E-state index contributed by atoms with van der Waals surface area (Å²) < 4.78 is 49.7. The van der Waals surface area contributed by atoms with Gasteiger partial charge in [-0.05, 0) is 48.7 Å². The molecule has 1 aliphatic carbocycles. The maximum Gasteiger partial charge on any atom is 0.411 e. The number of aryl methyl sites for hydroxylation is 1. The molecule has 3 N–H and O–H groups in total. The summed E-state index contributed by atoms with van der Waals surface area (Å²) in [6.45, 7) is 0.331. The number of benzene rings is 2. The van der Waals surface area contributed by atoms with Crippen molar-refractivity contribution < 1.29 is 27.4 Å². The number of sulfonamides is 1. The lowest BCUT2D eigenvalue weighted by molar-refractivity contribution is 0.187. The number of ether oxygens (including phenoxy) is 1. The molecule has 1 fully saturated rings. The smallest absolute Gasteiger partial charge is 0.411 e. The van der Waals surface area contributed by atoms with E-state index < -0.39 is 33.2 Å². The first-order chi connectivity index (χ1) is 16.7. The highest BCUT2D eigenvalue weighted by Crippen LogP contribution is 2.36. The van der Waals surface area contributed by atoms with Gasteiger partial charge < -0.3 is 19.7 Å². The van der Waals surface area contributed by atoms with E-state index in [1.165, 1.54) is 42.0 Å². The van der Waals surface area contributed by atoms with Crippen LogP contribution in [0, 0.1) is 11.7 Å². The molecule has 0 spiro atoms. The predicted octanol–water partition coefficient (Wildman–Crippen LogP) is 3.39. The van der Waals surface area contributed by atoms with Crippen molar-refractivity contribution >= 4 is 44.2 Å². The standard InChI is InChI=1S/C23H21FN4O6S/c1-34-23(31)25-14-5-6-16-18(11-14)35(32,33)27-21(26-16)19-20(29)15-10-13(24)4-7-17(15)28(22(19)30)9-8-12-2-3-12/h4-7,10-12,29H,2-3,8-9H2,1H3,(H,25,31)(H,26,27). The Kier molecular flexibility index (Phi) is 5.47. The summed E-state index contributed by atoms with van der Waals surface area (Å²) in [5.74, 6) is -1.06. The van der Waals surface area contributed by atoms with Gasteiger partial charge in [0, 0.05) is 17.6 Å². The van der Waals surface area contributed by atoms with Crippen LogP contribution >= 0.6 is 0 Å². The molecule has 10 nitrogen and oxygen atoms in total. The summed E-state index contributed by atoms with van der Waals surface area (Å²) in [7, 11) is -3.16. The zero-order valence-electron chi connectivity index (χ0n) is 18.5. The molecule has 1 aliphatic heterocycles. The van der Waals surface area contributed by atoms with Gasteiger partial charge in [0.1, 0.15) is 22.0 Å². The van der Waals surface area contributed by atoms with Gasteiger partial charge >= 0.3 is 6.09 Å². The van der Waals surface area contributed by atoms with Gasteiger partial charge in [0.15, 0.2) is 5.84 Å². The minimum absolute atomic E-state index is 0.0701. The Hall–Kier alpha value is -3.93. The summed E-state index contributed by atoms with van der Waals surface area (Å²) in [4.78, 5) is 24.7. The van der Waals surface area contributed by atoms with Crippen LogP contribution in [0.15, 0.2) is 50.5 Å². The number of aromatic nitrogens is 1. The van der Waals surface area contributed by atoms with E-state index in [2.05, 4.69) is 19.8 Å². The van der Waals surface area contributed by atoms with Crippen molar-refractivity contribution in [2.75, 3.05) is 17.7 Å². The van der Waals surface area contributed by atoms with Gasteiger partial charge in [-0.2, -0.15) is 8.42 Å². The lowest BCUT2D eigenvalue weighted by atomic mass is 10.1. The largest absolute Gasteiger partial charge is 0.506 e. The molecule has 2 heterocycles. The van der Waals surface area contributed by atoms with Crippen molar-refractivity contribution in [3.63, 3.8) is 0 Å². The van der Waals surface area contributed by atoms with E-state index in [0.717, 1.165) is 25.3 Å². The summed E-state index contributed by atoms with van der Waals surface area (Å²) in [6.07, 6.45) is 2.09. The Balaban J connectivity index is 1.64. The van der Waals surface area contributed by atoms with Crippen molar-refractivity contribution in [3.8, 4) is 5.75 Å². The van der Waals surface area contributed by atoms with Crippen LogP contribution in [-0.4, -0.2) is 37.1 Å². The van der Waals surface area contributed by atoms with E-state index in [4.69, 9.17) is 0 Å². The number of carbonyl (C=O) groups is 1. The number of hydrogen-bond donors (Lipinski definition) is 3. The van der Waals surface area contributed by atoms with E-state index in [1.807, 2.05) is 0 Å². The molecule has 1 aromatic heterocycles. The maximum atomic E-state index is 14.0. The number of methoxy groups -OCH3 is 1. The fourth-order valence-electron chi connectivity index (χ4n) is 4.08. The number of nitrogens with one attached hydrogen (secondary N) is 2. The maximum absolute atomic E-state index is 14.0. The summed E-state index contributed by atoms with van der Waals surface area (Å²) >= 11 is 0. The second kappa shape index (κ2) is 8.38. The summed E-state index contributed by atoms with van der Waals surface area (Å²) in [5, 5.41) is 16.2. The molecular weight excluding hydrogens is 479 g/mol. The number of nitrogens with zero attached hydrogens (tertiary/aromatic N) is 2. The first-order valence-corrected chi connectivity index (χ1v) is 12.3. The molecule has 0 bridgehead atoms. The van der Waals surface area contributed by atoms with E-state index in [0.29, 0.717) is 18.0 Å². The fourth-order valence-corrected chi connectivity index (χ4v) is 5.23. The lowest BCUT2D eigenvalue weighted by Gasteiger charge is -2.21. The summed E-state index contributed by atoms with van der Waals surface area (Å²) in [6, 6.07) is 7.73. The molecule has 0 radical (unpaired) electrons. The van der Waals surface area contributed by atoms with Crippen LogP contribution in [0.2, 0.25) is 0 Å². The molecule has 5 rings (SSSR count). The highest BCUT2D eigenvalue weighted by atomic mass is 32.2. The van der Waals surface area contributed by atoms with E-state index in [1.54, 1.807) is 0 Å². The lowest BCUT2D eigenvalue weighted by Crippen LogP contribution is -2.33. The molecule has 0 unspecified atom stereocenters. The second-order valence-electron chi connectivity index (χ2n) is 8.44. The Morgan fingerprint density at radius 2 is 2.06 bits per heavy atom. The number of aromatic hydroxyl groups is 1. The molecule has 0 saturated heterocycles. The average molecular weight is 501 g/mol. The van der Waals surface area contributed by atoms with Crippen LogP contribution in [0.1, 0.15) is 24.8 Å². The first-order valence-electron chi connectivity index (χ1n) is 10.8. The van der Waals surface area contributed by atoms with E-state index in [9.17, 15) is 27.5 Å². The number of fused-ring (bicyclic) bond motifs is 2. The predicted molar refractivity (Wildman–Crippen MR) is 127 cm³/mol. The Labute approximate surface area is 199 Å². The Morgan fingerprint density at radius 3 is 2.77 bits per heavy atom. The zero-order valence-corrected chi connectivity index (χ0v) is 19.4. The Bertz CT molecular complexity index is 1580. The number of pyridine rings is 1. The van der Waals surface area contributed by atoms with Gasteiger partial charge in [0.2, 0.25) is 0 Å². The number of amidine groups is 1. The van der Waals surface area contributed by atoms with Crippen LogP contribution in [0.3, 0.4) is 0 Å². The summed E-state index contributed by atoms with van der Waals surface area (Å²) in [5.41, 5.74) is -0.420. The molecule has 0 atom stereocenters. The number of anilines is 2. The fraction of sp³-hybridized carbons (Fsp3) is 0.261. The van der Waals surface area contributed by atoms with Gasteiger partial charge in [-0.1, -0.05) is 12.8 Å². The van der Waals surface area contributed by atoms with Gasteiger partial charge in [-0.15, -0.1) is 4.40 Å². The monoisotopic (exact) mass is 500 g/mol. The third kappa shape index (κ3) is 4.20. The van der Waals surface area contributed by atoms with Crippen LogP contribution in [0.5, 0.6) is 5.75 Å². The van der Waals surface area contributed by atoms with Crippen LogP contribution in [0.4, 0.5) is 20.6 Å². The van der Waals surface area contributed by atoms with Gasteiger partial charge in [0.25, 0.3) is 15.6 Å². The molecule has 2 aliphatic rings. The number of halogens is 1. The minimum Gasteiger partial charge on any atom is -0.506 e. The molecule has 12 heteroatoms. The third-order valence-electron chi connectivity index (χ3n) is 6.05. The van der Waals surface area contributed by atoms with Crippen LogP contribution < -0.4 is 16.2 Å². The molecule has 1 saturated carbocycles. The van der Waals surface area contributed by atoms with Crippen molar-refractivity contribution in [2.45, 2.75) is 30.7 Å². The molecule has 182 valence electrons. The van der Waals surface area contributed by atoms with Crippen molar-refractivity contribution in [2.24, 2.45) is 10.3 Å². The van der Waals surface area contributed by atoms with Gasteiger partial charge in [-0.25, -0.2) is 9.18 Å². The Morgan fingerprint density at radius 1 is 1.29 bits per heavy atom. The normalized spacial score (nSPS) is 16.2. The second-order valence-corrected chi connectivity index (χ2v) is 10.0. The van der Waals surface area contributed by atoms with Crippen molar-refractivity contribution in [3.05, 3.63) is 58.1 Å². The number of amides is 1. The number of rotatable bonds is 5. The third-order valence-corrected chi connectivity index (χ3v) is 7.37.